The van der Waals surface area contributed by atoms with Crippen LogP contribution in [0.15, 0.2) is 36.4 Å². The van der Waals surface area contributed by atoms with E-state index in [0.29, 0.717) is 34.5 Å². The van der Waals surface area contributed by atoms with Gasteiger partial charge >= 0.3 is 0 Å². The fraction of sp³-hybridized carbons (Fsp3) is 0.517. The van der Waals surface area contributed by atoms with Gasteiger partial charge in [-0.3, -0.25) is 14.3 Å². The van der Waals surface area contributed by atoms with Gasteiger partial charge in [-0.05, 0) is 79.8 Å². The first kappa shape index (κ1) is 27.5. The van der Waals surface area contributed by atoms with Crippen LogP contribution in [0.1, 0.15) is 68.3 Å². The van der Waals surface area contributed by atoms with Crippen molar-refractivity contribution in [3.05, 3.63) is 47.5 Å². The average molecular weight is 555 g/mol. The molecule has 3 aliphatic rings. The summed E-state index contributed by atoms with van der Waals surface area (Å²) in [6.07, 6.45) is 6.70. The van der Waals surface area contributed by atoms with Gasteiger partial charge in [-0.15, -0.1) is 0 Å². The molecule has 2 heterocycles. The zero-order valence-electron chi connectivity index (χ0n) is 22.7. The number of piperidine rings is 1. The fourth-order valence-electron chi connectivity index (χ4n) is 5.95. The molecule has 10 heteroatoms. The number of carbonyl (C=O) groups excluding carboxylic acids is 2. The number of benzene rings is 2. The van der Waals surface area contributed by atoms with E-state index in [4.69, 9.17) is 5.11 Å². The lowest BCUT2D eigenvalue weighted by molar-refractivity contribution is -0.117. The van der Waals surface area contributed by atoms with Crippen molar-refractivity contribution in [1.29, 1.82) is 0 Å². The van der Waals surface area contributed by atoms with E-state index >= 15 is 0 Å². The predicted molar refractivity (Wildman–Crippen MR) is 154 cm³/mol. The highest BCUT2D eigenvalue weighted by Crippen LogP contribution is 2.54. The maximum absolute atomic E-state index is 13.6. The highest BCUT2D eigenvalue weighted by molar-refractivity contribution is 7.92. The molecule has 210 valence electrons. The largest absolute Gasteiger partial charge is 0.395 e. The molecule has 3 N–H and O–H groups in total. The van der Waals surface area contributed by atoms with Crippen LogP contribution in [0.5, 0.6) is 0 Å². The van der Waals surface area contributed by atoms with Gasteiger partial charge in [-0.2, -0.15) is 0 Å². The summed E-state index contributed by atoms with van der Waals surface area (Å²) in [7, 11) is -3.70. The van der Waals surface area contributed by atoms with Crippen LogP contribution in [0, 0.1) is 5.41 Å². The Morgan fingerprint density at radius 2 is 1.67 bits per heavy atom. The van der Waals surface area contributed by atoms with Crippen molar-refractivity contribution >= 4 is 44.6 Å². The monoisotopic (exact) mass is 554 g/mol. The van der Waals surface area contributed by atoms with Crippen molar-refractivity contribution in [2.45, 2.75) is 64.8 Å². The van der Waals surface area contributed by atoms with Crippen molar-refractivity contribution < 1.29 is 23.1 Å². The number of hydrogen-bond donors (Lipinski definition) is 3. The molecule has 1 saturated carbocycles. The quantitative estimate of drug-likeness (QED) is 0.406. The van der Waals surface area contributed by atoms with E-state index in [2.05, 4.69) is 28.8 Å². The van der Waals surface area contributed by atoms with Crippen LogP contribution in [-0.4, -0.2) is 56.8 Å². The van der Waals surface area contributed by atoms with Gasteiger partial charge in [0.25, 0.3) is 5.91 Å². The molecule has 1 saturated heterocycles. The molecular formula is C29H38N4O5S. The first-order chi connectivity index (χ1) is 18.7. The van der Waals surface area contributed by atoms with Crippen LogP contribution >= 0.6 is 0 Å². The Bertz CT molecular complexity index is 1360. The number of sulfonamides is 1. The third-order valence-electron chi connectivity index (χ3n) is 8.52. The number of aliphatic hydroxyl groups excluding tert-OH is 1. The SMILES string of the molecule is CCC(CC)N1C(=O)Cc2ccc(NC(=O)c3ccc(NS(=O)(=O)CCO)cc3N3CCC4(CC3)CC4)cc21. The zero-order valence-corrected chi connectivity index (χ0v) is 23.5. The van der Waals surface area contributed by atoms with Crippen molar-refractivity contribution in [3.63, 3.8) is 0 Å². The van der Waals surface area contributed by atoms with E-state index < -0.39 is 22.4 Å². The van der Waals surface area contributed by atoms with E-state index in [9.17, 15) is 18.0 Å². The van der Waals surface area contributed by atoms with Gasteiger partial charge in [0.15, 0.2) is 0 Å². The standard InChI is InChI=1S/C29H38N4O5S/c1-3-23(4-2)33-25-18-21(6-5-20(25)17-27(33)35)30-28(36)24-8-7-22(31-39(37,38)16-15-34)19-26(24)32-13-11-29(9-10-29)12-14-32/h5-8,18-19,23,31,34H,3-4,9-17H2,1-2H3,(H,30,36). The molecule has 0 aromatic heterocycles. The molecule has 2 aromatic carbocycles. The number of anilines is 4. The Labute approximate surface area is 230 Å². The predicted octanol–water partition coefficient (Wildman–Crippen LogP) is 4.13. The molecular weight excluding hydrogens is 516 g/mol. The molecule has 2 aliphatic heterocycles. The van der Waals surface area contributed by atoms with E-state index in [1.54, 1.807) is 18.2 Å². The number of amides is 2. The summed E-state index contributed by atoms with van der Waals surface area (Å²) in [5.74, 6) is -0.604. The first-order valence-corrected chi connectivity index (χ1v) is 15.6. The van der Waals surface area contributed by atoms with Crippen LogP contribution in [0.25, 0.3) is 0 Å². The maximum Gasteiger partial charge on any atom is 0.257 e. The number of nitrogens with one attached hydrogen (secondary N) is 2. The Hall–Kier alpha value is -3.11. The number of fused-ring (bicyclic) bond motifs is 1. The average Bonchev–Trinajstić information content (AvgIpc) is 3.58. The Balaban J connectivity index is 1.42. The van der Waals surface area contributed by atoms with E-state index in [-0.39, 0.29) is 17.9 Å². The molecule has 0 atom stereocenters. The molecule has 9 nitrogen and oxygen atoms in total. The van der Waals surface area contributed by atoms with Crippen molar-refractivity contribution in [3.8, 4) is 0 Å². The second kappa shape index (κ2) is 10.8. The molecule has 0 unspecified atom stereocenters. The molecule has 2 aromatic rings. The minimum absolute atomic E-state index is 0.0854. The summed E-state index contributed by atoms with van der Waals surface area (Å²) in [6.45, 7) is 5.28. The van der Waals surface area contributed by atoms with E-state index in [1.165, 1.54) is 12.8 Å². The van der Waals surface area contributed by atoms with Gasteiger partial charge in [-0.25, -0.2) is 8.42 Å². The van der Waals surface area contributed by atoms with Gasteiger partial charge in [0.1, 0.15) is 0 Å². The topological polar surface area (TPSA) is 119 Å². The maximum atomic E-state index is 13.6. The number of aliphatic hydroxyl groups is 1. The Kier molecular flexibility index (Phi) is 7.61. The highest BCUT2D eigenvalue weighted by Gasteiger charge is 2.44. The number of carbonyl (C=O) groups is 2. The number of nitrogens with zero attached hydrogens (tertiary/aromatic N) is 2. The molecule has 2 amide bonds. The zero-order chi connectivity index (χ0) is 27.8. The van der Waals surface area contributed by atoms with Gasteiger partial charge in [-0.1, -0.05) is 19.9 Å². The summed E-state index contributed by atoms with van der Waals surface area (Å²) >= 11 is 0. The fourth-order valence-corrected chi connectivity index (χ4v) is 6.78. The third kappa shape index (κ3) is 5.77. The molecule has 39 heavy (non-hydrogen) atoms. The van der Waals surface area contributed by atoms with Crippen LogP contribution in [0.2, 0.25) is 0 Å². The lowest BCUT2D eigenvalue weighted by atomic mass is 9.93. The van der Waals surface area contributed by atoms with Gasteiger partial charge in [0, 0.05) is 30.5 Å². The van der Waals surface area contributed by atoms with E-state index in [0.717, 1.165) is 50.0 Å². The first-order valence-electron chi connectivity index (χ1n) is 13.9. The summed E-state index contributed by atoms with van der Waals surface area (Å²) in [4.78, 5) is 30.4. The number of hydrogen-bond acceptors (Lipinski definition) is 6. The summed E-state index contributed by atoms with van der Waals surface area (Å²) < 4.78 is 27.1. The molecule has 1 aliphatic carbocycles. The third-order valence-corrected chi connectivity index (χ3v) is 9.79. The van der Waals surface area contributed by atoms with Crippen LogP contribution in [0.3, 0.4) is 0 Å². The Morgan fingerprint density at radius 1 is 1.00 bits per heavy atom. The van der Waals surface area contributed by atoms with Crippen LogP contribution in [-0.2, 0) is 21.2 Å². The van der Waals surface area contributed by atoms with Crippen LogP contribution < -0.4 is 19.8 Å². The van der Waals surface area contributed by atoms with Gasteiger partial charge in [0.2, 0.25) is 15.9 Å². The lowest BCUT2D eigenvalue weighted by Gasteiger charge is -2.35. The van der Waals surface area contributed by atoms with Gasteiger partial charge in [0.05, 0.1) is 35.7 Å². The van der Waals surface area contributed by atoms with Crippen molar-refractivity contribution in [2.24, 2.45) is 5.41 Å². The second-order valence-electron chi connectivity index (χ2n) is 11.1. The van der Waals surface area contributed by atoms with Crippen molar-refractivity contribution in [1.82, 2.24) is 0 Å². The second-order valence-corrected chi connectivity index (χ2v) is 12.9. The Morgan fingerprint density at radius 3 is 2.31 bits per heavy atom. The normalized spacial score (nSPS) is 18.0. The van der Waals surface area contributed by atoms with Gasteiger partial charge < -0.3 is 20.2 Å². The van der Waals surface area contributed by atoms with Crippen LogP contribution in [0.4, 0.5) is 22.7 Å². The van der Waals surface area contributed by atoms with E-state index in [1.807, 2.05) is 23.1 Å². The lowest BCUT2D eigenvalue weighted by Crippen LogP contribution is -2.37. The molecule has 0 radical (unpaired) electrons. The molecule has 2 fully saturated rings. The highest BCUT2D eigenvalue weighted by atomic mass is 32.2. The summed E-state index contributed by atoms with van der Waals surface area (Å²) in [5, 5.41) is 12.1. The minimum Gasteiger partial charge on any atom is -0.395 e. The smallest absolute Gasteiger partial charge is 0.257 e. The molecule has 5 rings (SSSR count). The van der Waals surface area contributed by atoms with Crippen molar-refractivity contribution in [2.75, 3.05) is 45.3 Å². The number of rotatable bonds is 10. The molecule has 0 bridgehead atoms. The minimum atomic E-state index is -3.70. The summed E-state index contributed by atoms with van der Waals surface area (Å²) in [5.41, 5.74) is 4.38. The molecule has 1 spiro atoms. The summed E-state index contributed by atoms with van der Waals surface area (Å²) in [6, 6.07) is 10.7.